The second-order valence-electron chi connectivity index (χ2n) is 6.91. The molecule has 2 aliphatic rings. The highest BCUT2D eigenvalue weighted by molar-refractivity contribution is 4.95. The summed E-state index contributed by atoms with van der Waals surface area (Å²) >= 11 is 0. The van der Waals surface area contributed by atoms with Gasteiger partial charge in [0.2, 0.25) is 0 Å². The molecule has 2 rings (SSSR count). The molecule has 10 nitrogen and oxygen atoms in total. The van der Waals surface area contributed by atoms with Gasteiger partial charge < -0.3 is 50.0 Å². The normalized spacial score (nSPS) is 47.1. The highest BCUT2D eigenvalue weighted by Gasteiger charge is 2.49. The lowest BCUT2D eigenvalue weighted by molar-refractivity contribution is -0.335. The molecule has 0 radical (unpaired) electrons. The summed E-state index contributed by atoms with van der Waals surface area (Å²) in [7, 11) is 0. The van der Waals surface area contributed by atoms with Crippen molar-refractivity contribution >= 4 is 0 Å². The van der Waals surface area contributed by atoms with Gasteiger partial charge in [0.25, 0.3) is 0 Å². The van der Waals surface area contributed by atoms with Gasteiger partial charge in [0.05, 0.1) is 31.5 Å². The van der Waals surface area contributed by atoms with Crippen molar-refractivity contribution in [2.24, 2.45) is 5.92 Å². The van der Waals surface area contributed by atoms with Crippen LogP contribution in [-0.4, -0.2) is 111 Å². The third-order valence-corrected chi connectivity index (χ3v) is 5.14. The monoisotopic (exact) mass is 382 g/mol. The van der Waals surface area contributed by atoms with E-state index in [0.717, 1.165) is 0 Å². The molecule has 2 heterocycles. The van der Waals surface area contributed by atoms with E-state index in [4.69, 9.17) is 19.3 Å². The van der Waals surface area contributed by atoms with Gasteiger partial charge in [-0.1, -0.05) is 6.92 Å². The van der Waals surface area contributed by atoms with Crippen molar-refractivity contribution in [1.29, 1.82) is 0 Å². The Morgan fingerprint density at radius 2 is 1.42 bits per heavy atom. The van der Waals surface area contributed by atoms with Crippen LogP contribution < -0.4 is 0 Å². The fourth-order valence-corrected chi connectivity index (χ4v) is 3.41. The number of hydrogen-bond acceptors (Lipinski definition) is 10. The fraction of sp³-hybridized carbons (Fsp3) is 1.00. The van der Waals surface area contributed by atoms with E-state index in [2.05, 4.69) is 0 Å². The largest absolute Gasteiger partial charge is 0.396 e. The third-order valence-electron chi connectivity index (χ3n) is 5.14. The lowest BCUT2D eigenvalue weighted by Gasteiger charge is -2.46. The van der Waals surface area contributed by atoms with Crippen molar-refractivity contribution in [3.05, 3.63) is 0 Å². The predicted octanol–water partition coefficient (Wildman–Crippen LogP) is -3.30. The van der Waals surface area contributed by atoms with Crippen molar-refractivity contribution in [2.45, 2.75) is 74.9 Å². The van der Waals surface area contributed by atoms with E-state index in [1.165, 1.54) is 0 Å². The maximum atomic E-state index is 10.4. The van der Waals surface area contributed by atoms with Gasteiger partial charge in [0.15, 0.2) is 6.29 Å². The van der Waals surface area contributed by atoms with E-state index in [1.807, 2.05) is 0 Å². The Hall–Kier alpha value is -0.400. The van der Waals surface area contributed by atoms with Crippen molar-refractivity contribution < 1.29 is 50.0 Å². The van der Waals surface area contributed by atoms with Crippen LogP contribution in [0.3, 0.4) is 0 Å². The molecule has 2 aliphatic heterocycles. The Morgan fingerprint density at radius 1 is 0.769 bits per heavy atom. The molecule has 2 fully saturated rings. The van der Waals surface area contributed by atoms with Gasteiger partial charge in [-0.25, -0.2) is 0 Å². The smallest absolute Gasteiger partial charge is 0.187 e. The third kappa shape index (κ3) is 4.53. The molecule has 10 heteroatoms. The number of ether oxygens (including phenoxy) is 3. The van der Waals surface area contributed by atoms with Crippen LogP contribution in [0.5, 0.6) is 0 Å². The molecule has 0 aromatic carbocycles. The number of rotatable bonds is 7. The van der Waals surface area contributed by atoms with E-state index >= 15 is 0 Å². The quantitative estimate of drug-likeness (QED) is 0.237. The Morgan fingerprint density at radius 3 is 2.00 bits per heavy atom. The molecule has 0 aromatic heterocycles. The molecule has 154 valence electrons. The molecule has 2 saturated heterocycles. The lowest BCUT2D eigenvalue weighted by atomic mass is 9.90. The SMILES string of the molecule is C[C@H]1[C@H](O)[C@@H](O)C(O[C@H]2[C@H](O)[C@@H](O)C(CCCO)O[C@@H]2CO)O[C@@H]1CO. The minimum absolute atomic E-state index is 0.104. The Bertz CT molecular complexity index is 420. The molecule has 26 heavy (non-hydrogen) atoms. The van der Waals surface area contributed by atoms with Gasteiger partial charge in [-0.05, 0) is 12.8 Å². The summed E-state index contributed by atoms with van der Waals surface area (Å²) in [4.78, 5) is 0. The molecule has 10 atom stereocenters. The van der Waals surface area contributed by atoms with Crippen LogP contribution in [-0.2, 0) is 14.2 Å². The maximum Gasteiger partial charge on any atom is 0.187 e. The average Bonchev–Trinajstić information content (AvgIpc) is 2.64. The zero-order valence-electron chi connectivity index (χ0n) is 14.7. The van der Waals surface area contributed by atoms with Gasteiger partial charge >= 0.3 is 0 Å². The van der Waals surface area contributed by atoms with Crippen molar-refractivity contribution in [2.75, 3.05) is 19.8 Å². The van der Waals surface area contributed by atoms with Crippen LogP contribution in [0.4, 0.5) is 0 Å². The van der Waals surface area contributed by atoms with Crippen molar-refractivity contribution in [3.8, 4) is 0 Å². The summed E-state index contributed by atoms with van der Waals surface area (Å²) in [5.41, 5.74) is 0. The van der Waals surface area contributed by atoms with Gasteiger partial charge in [-0.2, -0.15) is 0 Å². The summed E-state index contributed by atoms with van der Waals surface area (Å²) in [6.07, 6.45) is -9.97. The second-order valence-corrected chi connectivity index (χ2v) is 6.91. The molecule has 7 N–H and O–H groups in total. The first-order chi connectivity index (χ1) is 12.3. The predicted molar refractivity (Wildman–Crippen MR) is 85.9 cm³/mol. The molecule has 0 bridgehead atoms. The summed E-state index contributed by atoms with van der Waals surface area (Å²) < 4.78 is 16.6. The van der Waals surface area contributed by atoms with Crippen molar-refractivity contribution in [1.82, 2.24) is 0 Å². The first-order valence-electron chi connectivity index (χ1n) is 8.86. The molecule has 0 saturated carbocycles. The topological polar surface area (TPSA) is 169 Å². The molecule has 0 aromatic rings. The van der Waals surface area contributed by atoms with Crippen LogP contribution in [0.25, 0.3) is 0 Å². The van der Waals surface area contributed by atoms with Crippen LogP contribution >= 0.6 is 0 Å². The zero-order valence-corrected chi connectivity index (χ0v) is 14.7. The first-order valence-corrected chi connectivity index (χ1v) is 8.86. The van der Waals surface area contributed by atoms with Crippen LogP contribution in [0.15, 0.2) is 0 Å². The van der Waals surface area contributed by atoms with Gasteiger partial charge in [-0.3, -0.25) is 0 Å². The standard InChI is InChI=1S/C16H30O10/c1-7-9(5-18)25-16(14(23)11(7)20)26-15-10(6-19)24-8(3-2-4-17)12(21)13(15)22/h7-23H,2-6H2,1H3/t7-,8?,9-,10-,11+,12+,13-,14-,15-,16?/m1/s1. The van der Waals surface area contributed by atoms with E-state index in [-0.39, 0.29) is 13.0 Å². The average molecular weight is 382 g/mol. The number of aliphatic hydroxyl groups excluding tert-OH is 7. The van der Waals surface area contributed by atoms with Gasteiger partial charge in [0.1, 0.15) is 30.5 Å². The highest BCUT2D eigenvalue weighted by Crippen LogP contribution is 2.31. The van der Waals surface area contributed by atoms with Crippen molar-refractivity contribution in [3.63, 3.8) is 0 Å². The van der Waals surface area contributed by atoms with E-state index < -0.39 is 74.3 Å². The molecule has 0 amide bonds. The summed E-state index contributed by atoms with van der Waals surface area (Å²) in [5, 5.41) is 68.7. The fourth-order valence-electron chi connectivity index (χ4n) is 3.41. The maximum absolute atomic E-state index is 10.4. The van der Waals surface area contributed by atoms with E-state index in [9.17, 15) is 30.6 Å². The van der Waals surface area contributed by atoms with Gasteiger partial charge in [-0.15, -0.1) is 0 Å². The summed E-state index contributed by atoms with van der Waals surface area (Å²) in [5.74, 6) is -0.538. The molecular weight excluding hydrogens is 352 g/mol. The molecule has 0 aliphatic carbocycles. The van der Waals surface area contributed by atoms with Crippen LogP contribution in [0.1, 0.15) is 19.8 Å². The molecule has 0 spiro atoms. The van der Waals surface area contributed by atoms with Crippen LogP contribution in [0.2, 0.25) is 0 Å². The second kappa shape index (κ2) is 9.69. The summed E-state index contributed by atoms with van der Waals surface area (Å²) in [6, 6.07) is 0. The van der Waals surface area contributed by atoms with Gasteiger partial charge in [0, 0.05) is 12.5 Å². The summed E-state index contributed by atoms with van der Waals surface area (Å²) in [6.45, 7) is 0.585. The number of aliphatic hydroxyl groups is 7. The molecule has 2 unspecified atom stereocenters. The lowest BCUT2D eigenvalue weighted by Crippen LogP contribution is -2.63. The Labute approximate surface area is 151 Å². The van der Waals surface area contributed by atoms with E-state index in [1.54, 1.807) is 6.92 Å². The van der Waals surface area contributed by atoms with E-state index in [0.29, 0.717) is 6.42 Å². The number of hydrogen-bond donors (Lipinski definition) is 7. The Kier molecular flexibility index (Phi) is 8.16. The minimum atomic E-state index is -1.44. The van der Waals surface area contributed by atoms with Crippen LogP contribution in [0, 0.1) is 5.92 Å². The zero-order chi connectivity index (χ0) is 19.4. The highest BCUT2D eigenvalue weighted by atomic mass is 16.7. The minimum Gasteiger partial charge on any atom is -0.396 e. The first kappa shape index (κ1) is 21.9. The molecular formula is C16H30O10. The Balaban J connectivity index is 2.09.